The number of nitrogens with one attached hydrogen (secondary N) is 1. The minimum Gasteiger partial charge on any atom is -0.490 e. The molecule has 1 fully saturated rings. The molecular formula is C35H34BrCl2FN4O4S. The summed E-state index contributed by atoms with van der Waals surface area (Å²) in [7, 11) is 0. The fourth-order valence-corrected chi connectivity index (χ4v) is 7.79. The molecule has 2 heterocycles. The van der Waals surface area contributed by atoms with E-state index in [1.54, 1.807) is 16.8 Å². The van der Waals surface area contributed by atoms with Gasteiger partial charge in [-0.05, 0) is 96.9 Å². The molecule has 1 unspecified atom stereocenters. The van der Waals surface area contributed by atoms with E-state index in [1.807, 2.05) is 50.2 Å². The second-order valence-corrected chi connectivity index (χ2v) is 14.1. The van der Waals surface area contributed by atoms with Crippen molar-refractivity contribution >= 4 is 62.8 Å². The molecule has 252 valence electrons. The quantitative estimate of drug-likeness (QED) is 0.119. The summed E-state index contributed by atoms with van der Waals surface area (Å²) in [5, 5.41) is 9.60. The highest BCUT2D eigenvalue weighted by Gasteiger charge is 2.37. The third kappa shape index (κ3) is 7.64. The van der Waals surface area contributed by atoms with E-state index in [0.29, 0.717) is 61.3 Å². The Balaban J connectivity index is 1.37. The second-order valence-electron chi connectivity index (χ2n) is 11.5. The number of rotatable bonds is 11. The lowest BCUT2D eigenvalue weighted by atomic mass is 9.94. The minimum absolute atomic E-state index is 0.117. The second kappa shape index (κ2) is 15.5. The number of carbonyl (C=O) groups is 1. The zero-order valence-electron chi connectivity index (χ0n) is 26.4. The molecule has 1 atom stereocenters. The average Bonchev–Trinajstić information content (AvgIpc) is 3.47. The summed E-state index contributed by atoms with van der Waals surface area (Å²) in [6.07, 6.45) is 4.74. The van der Waals surface area contributed by atoms with Crippen molar-refractivity contribution < 1.29 is 23.4 Å². The van der Waals surface area contributed by atoms with E-state index in [2.05, 4.69) is 21.2 Å². The molecule has 1 N–H and O–H groups in total. The van der Waals surface area contributed by atoms with Crippen LogP contribution in [0.15, 0.2) is 75.5 Å². The summed E-state index contributed by atoms with van der Waals surface area (Å²) in [4.78, 5) is 18.8. The van der Waals surface area contributed by atoms with Gasteiger partial charge in [-0.15, -0.1) is 5.10 Å². The predicted molar refractivity (Wildman–Crippen MR) is 190 cm³/mol. The number of carbonyl (C=O) groups excluding carboxylic acids is 1. The number of hydrogen-bond donors (Lipinski definition) is 1. The van der Waals surface area contributed by atoms with Gasteiger partial charge in [-0.2, -0.15) is 4.98 Å². The summed E-state index contributed by atoms with van der Waals surface area (Å²) >= 11 is 17.8. The Morgan fingerprint density at radius 2 is 1.85 bits per heavy atom. The molecule has 0 saturated heterocycles. The van der Waals surface area contributed by atoms with Crippen molar-refractivity contribution in [3.63, 3.8) is 0 Å². The van der Waals surface area contributed by atoms with Crippen LogP contribution in [0.5, 0.6) is 11.5 Å². The van der Waals surface area contributed by atoms with Crippen LogP contribution < -0.4 is 14.8 Å². The molecule has 48 heavy (non-hydrogen) atoms. The number of nitrogens with zero attached hydrogens (tertiary/aromatic N) is 3. The van der Waals surface area contributed by atoms with Gasteiger partial charge in [0.15, 0.2) is 11.5 Å². The molecule has 6 rings (SSSR count). The number of benzene rings is 3. The third-order valence-corrected chi connectivity index (χ3v) is 10.5. The Kier molecular flexibility index (Phi) is 11.2. The summed E-state index contributed by atoms with van der Waals surface area (Å²) in [6, 6.07) is 15.1. The zero-order valence-corrected chi connectivity index (χ0v) is 30.3. The number of hydrogen-bond acceptors (Lipinski definition) is 8. The highest BCUT2D eigenvalue weighted by molar-refractivity contribution is 9.10. The first-order valence-electron chi connectivity index (χ1n) is 15.8. The van der Waals surface area contributed by atoms with Crippen molar-refractivity contribution in [2.24, 2.45) is 0 Å². The van der Waals surface area contributed by atoms with Crippen molar-refractivity contribution in [3.05, 3.63) is 103 Å². The first-order valence-corrected chi connectivity index (χ1v) is 18.3. The van der Waals surface area contributed by atoms with E-state index in [9.17, 15) is 9.18 Å². The van der Waals surface area contributed by atoms with Crippen molar-refractivity contribution in [2.75, 3.05) is 11.9 Å². The van der Waals surface area contributed by atoms with E-state index in [4.69, 9.17) is 47.5 Å². The molecular weight excluding hydrogens is 742 g/mol. The zero-order chi connectivity index (χ0) is 33.8. The summed E-state index contributed by atoms with van der Waals surface area (Å²) < 4.78 is 35.1. The fraction of sp³-hybridized carbons (Fsp3) is 0.343. The van der Waals surface area contributed by atoms with Crippen LogP contribution in [-0.4, -0.2) is 33.4 Å². The SMILES string of the molecule is CCOc1cc(C2C(C(=O)OC3CCCCC3)=C(C)Nc3nc(SCc4ccccc4Cl)nn32)cc(Br)c1OCc1c(F)cccc1Cl. The number of ether oxygens (including phenoxy) is 3. The van der Waals surface area contributed by atoms with Gasteiger partial charge in [0.05, 0.1) is 21.7 Å². The van der Waals surface area contributed by atoms with E-state index in [-0.39, 0.29) is 23.3 Å². The van der Waals surface area contributed by atoms with E-state index >= 15 is 0 Å². The largest absolute Gasteiger partial charge is 0.490 e. The highest BCUT2D eigenvalue weighted by atomic mass is 79.9. The topological polar surface area (TPSA) is 87.5 Å². The van der Waals surface area contributed by atoms with Crippen LogP contribution in [0.2, 0.25) is 10.0 Å². The maximum atomic E-state index is 14.6. The van der Waals surface area contributed by atoms with E-state index in [0.717, 1.165) is 37.7 Å². The van der Waals surface area contributed by atoms with Crippen molar-refractivity contribution in [1.29, 1.82) is 0 Å². The summed E-state index contributed by atoms with van der Waals surface area (Å²) in [5.74, 6) is 0.946. The van der Waals surface area contributed by atoms with Gasteiger partial charge in [-0.1, -0.05) is 65.7 Å². The lowest BCUT2D eigenvalue weighted by Gasteiger charge is -2.30. The lowest BCUT2D eigenvalue weighted by molar-refractivity contribution is -0.146. The molecule has 1 saturated carbocycles. The van der Waals surface area contributed by atoms with Crippen LogP contribution in [0.4, 0.5) is 10.3 Å². The number of allylic oxidation sites excluding steroid dienone is 1. The van der Waals surface area contributed by atoms with Gasteiger partial charge < -0.3 is 19.5 Å². The molecule has 0 spiro atoms. The number of anilines is 1. The van der Waals surface area contributed by atoms with Crippen LogP contribution >= 0.6 is 50.9 Å². The Labute approximate surface area is 301 Å². The Morgan fingerprint density at radius 3 is 2.60 bits per heavy atom. The van der Waals surface area contributed by atoms with Crippen molar-refractivity contribution in [3.8, 4) is 11.5 Å². The normalized spacial score (nSPS) is 16.3. The predicted octanol–water partition coefficient (Wildman–Crippen LogP) is 9.92. The molecule has 8 nitrogen and oxygen atoms in total. The fourth-order valence-electron chi connectivity index (χ4n) is 5.88. The van der Waals surface area contributed by atoms with Gasteiger partial charge >= 0.3 is 5.97 Å². The maximum Gasteiger partial charge on any atom is 0.338 e. The summed E-state index contributed by atoms with van der Waals surface area (Å²) in [5.41, 5.74) is 2.92. The smallest absolute Gasteiger partial charge is 0.338 e. The number of halogens is 4. The van der Waals surface area contributed by atoms with Gasteiger partial charge in [-0.3, -0.25) is 0 Å². The molecule has 1 aromatic heterocycles. The Bertz CT molecular complexity index is 1830. The van der Waals surface area contributed by atoms with Crippen molar-refractivity contribution in [2.45, 2.75) is 75.6 Å². The van der Waals surface area contributed by atoms with Gasteiger partial charge in [0.1, 0.15) is 24.6 Å². The minimum atomic E-state index is -0.704. The number of aromatic nitrogens is 3. The Morgan fingerprint density at radius 1 is 1.08 bits per heavy atom. The van der Waals surface area contributed by atoms with Crippen LogP contribution in [0.3, 0.4) is 0 Å². The standard InChI is InChI=1S/C35H34BrCl2FN4O4S/c1-3-45-29-17-22(16-25(36)32(29)46-18-24-27(38)14-9-15-28(24)39)31-30(33(44)47-23-11-5-4-6-12-23)20(2)40-34-41-35(42-43(31)34)48-19-21-10-7-8-13-26(21)37/h7-10,13-17,23,31H,3-6,11-12,18-19H2,1-2H3,(H,40,41,42). The molecule has 13 heteroatoms. The molecule has 2 aliphatic rings. The van der Waals surface area contributed by atoms with Crippen LogP contribution in [0, 0.1) is 5.82 Å². The van der Waals surface area contributed by atoms with Gasteiger partial charge in [-0.25, -0.2) is 13.9 Å². The molecule has 0 amide bonds. The van der Waals surface area contributed by atoms with Crippen LogP contribution in [0.25, 0.3) is 0 Å². The third-order valence-electron chi connectivity index (χ3n) is 8.26. The molecule has 4 aromatic rings. The first-order chi connectivity index (χ1) is 23.2. The average molecular weight is 777 g/mol. The molecule has 1 aliphatic heterocycles. The van der Waals surface area contributed by atoms with Crippen molar-refractivity contribution in [1.82, 2.24) is 14.8 Å². The lowest BCUT2D eigenvalue weighted by Crippen LogP contribution is -2.32. The molecule has 0 bridgehead atoms. The maximum absolute atomic E-state index is 14.6. The van der Waals surface area contributed by atoms with E-state index in [1.165, 1.54) is 17.8 Å². The summed E-state index contributed by atoms with van der Waals surface area (Å²) in [6.45, 7) is 3.92. The van der Waals surface area contributed by atoms with E-state index < -0.39 is 17.8 Å². The number of thioether (sulfide) groups is 1. The Hall–Kier alpha value is -3.25. The van der Waals surface area contributed by atoms with Gasteiger partial charge in [0.25, 0.3) is 0 Å². The molecule has 1 aliphatic carbocycles. The molecule has 3 aromatic carbocycles. The van der Waals surface area contributed by atoms with Crippen LogP contribution in [-0.2, 0) is 21.9 Å². The molecule has 0 radical (unpaired) electrons. The van der Waals surface area contributed by atoms with Crippen LogP contribution in [0.1, 0.15) is 68.7 Å². The van der Waals surface area contributed by atoms with Gasteiger partial charge in [0, 0.05) is 22.0 Å². The van der Waals surface area contributed by atoms with Gasteiger partial charge in [0.2, 0.25) is 11.1 Å². The highest BCUT2D eigenvalue weighted by Crippen LogP contribution is 2.44. The first kappa shape index (κ1) is 34.6. The number of fused-ring (bicyclic) bond motifs is 1. The monoisotopic (exact) mass is 774 g/mol. The number of esters is 1.